The number of anilines is 2. The lowest BCUT2D eigenvalue weighted by Crippen LogP contribution is -2.24. The normalized spacial score (nSPS) is 10.9. The SMILES string of the molecule is CCCCNC(=O)c1cccc(S(=O)(=O)Nc2ccc(NC(C)=O)cc2)c1. The summed E-state index contributed by atoms with van der Waals surface area (Å²) in [4.78, 5) is 23.1. The van der Waals surface area contributed by atoms with Crippen LogP contribution in [-0.2, 0) is 14.8 Å². The van der Waals surface area contributed by atoms with Gasteiger partial charge in [0.25, 0.3) is 15.9 Å². The number of carbonyl (C=O) groups excluding carboxylic acids is 2. The van der Waals surface area contributed by atoms with Gasteiger partial charge in [0.15, 0.2) is 0 Å². The molecule has 0 fully saturated rings. The summed E-state index contributed by atoms with van der Waals surface area (Å²) in [5, 5.41) is 5.37. The molecule has 3 N–H and O–H groups in total. The average molecular weight is 389 g/mol. The van der Waals surface area contributed by atoms with Crippen LogP contribution in [0.1, 0.15) is 37.0 Å². The first-order chi connectivity index (χ1) is 12.8. The smallest absolute Gasteiger partial charge is 0.261 e. The van der Waals surface area contributed by atoms with Crippen LogP contribution in [0.2, 0.25) is 0 Å². The molecule has 0 aliphatic carbocycles. The van der Waals surface area contributed by atoms with Crippen LogP contribution in [0.4, 0.5) is 11.4 Å². The molecule has 0 radical (unpaired) electrons. The van der Waals surface area contributed by atoms with Gasteiger partial charge in [-0.25, -0.2) is 8.42 Å². The van der Waals surface area contributed by atoms with Gasteiger partial charge in [0, 0.05) is 30.4 Å². The Bertz CT molecular complexity index is 909. The third-order valence-corrected chi connectivity index (χ3v) is 5.06. The zero-order chi connectivity index (χ0) is 19.9. The van der Waals surface area contributed by atoms with E-state index in [1.165, 1.54) is 25.1 Å². The van der Waals surface area contributed by atoms with Crippen molar-refractivity contribution in [3.05, 3.63) is 54.1 Å². The van der Waals surface area contributed by atoms with Crippen molar-refractivity contribution in [2.24, 2.45) is 0 Å². The molecule has 2 rings (SSSR count). The Balaban J connectivity index is 2.13. The summed E-state index contributed by atoms with van der Waals surface area (Å²) in [7, 11) is -3.85. The van der Waals surface area contributed by atoms with Crippen molar-refractivity contribution >= 4 is 33.2 Å². The monoisotopic (exact) mass is 389 g/mol. The minimum atomic E-state index is -3.85. The van der Waals surface area contributed by atoms with Gasteiger partial charge in [-0.3, -0.25) is 14.3 Å². The van der Waals surface area contributed by atoms with Crippen LogP contribution in [-0.4, -0.2) is 26.8 Å². The van der Waals surface area contributed by atoms with E-state index in [-0.39, 0.29) is 22.3 Å². The number of unbranched alkanes of at least 4 members (excludes halogenated alkanes) is 1. The molecule has 144 valence electrons. The average Bonchev–Trinajstić information content (AvgIpc) is 2.63. The first-order valence-corrected chi connectivity index (χ1v) is 10.1. The molecular weight excluding hydrogens is 366 g/mol. The molecule has 0 aliphatic rings. The number of carbonyl (C=O) groups is 2. The molecule has 0 aromatic heterocycles. The Hall–Kier alpha value is -2.87. The van der Waals surface area contributed by atoms with Gasteiger partial charge >= 0.3 is 0 Å². The number of hydrogen-bond donors (Lipinski definition) is 3. The third-order valence-electron chi connectivity index (χ3n) is 3.68. The maximum Gasteiger partial charge on any atom is 0.261 e. The Morgan fingerprint density at radius 2 is 1.67 bits per heavy atom. The topological polar surface area (TPSA) is 104 Å². The van der Waals surface area contributed by atoms with Crippen molar-refractivity contribution in [2.75, 3.05) is 16.6 Å². The maximum atomic E-state index is 12.6. The minimum Gasteiger partial charge on any atom is -0.352 e. The van der Waals surface area contributed by atoms with E-state index in [0.717, 1.165) is 12.8 Å². The summed E-state index contributed by atoms with van der Waals surface area (Å²) in [6.45, 7) is 3.96. The number of amides is 2. The first kappa shape index (κ1) is 20.4. The van der Waals surface area contributed by atoms with Gasteiger partial charge in [-0.2, -0.15) is 0 Å². The molecule has 0 atom stereocenters. The van der Waals surface area contributed by atoms with Crippen molar-refractivity contribution in [1.29, 1.82) is 0 Å². The minimum absolute atomic E-state index is 0.00317. The van der Waals surface area contributed by atoms with Crippen LogP contribution >= 0.6 is 0 Å². The second kappa shape index (κ2) is 9.18. The fourth-order valence-electron chi connectivity index (χ4n) is 2.32. The van der Waals surface area contributed by atoms with E-state index in [1.807, 2.05) is 6.92 Å². The van der Waals surface area contributed by atoms with E-state index < -0.39 is 10.0 Å². The highest BCUT2D eigenvalue weighted by molar-refractivity contribution is 7.92. The summed E-state index contributed by atoms with van der Waals surface area (Å²) < 4.78 is 27.6. The van der Waals surface area contributed by atoms with Crippen LogP contribution in [0.25, 0.3) is 0 Å². The molecule has 0 aliphatic heterocycles. The molecule has 0 saturated heterocycles. The Morgan fingerprint density at radius 1 is 1.00 bits per heavy atom. The number of hydrogen-bond acceptors (Lipinski definition) is 4. The summed E-state index contributed by atoms with van der Waals surface area (Å²) in [5.41, 5.74) is 1.20. The summed E-state index contributed by atoms with van der Waals surface area (Å²) in [5.74, 6) is -0.516. The van der Waals surface area contributed by atoms with Gasteiger partial charge < -0.3 is 10.6 Å². The number of sulfonamides is 1. The molecule has 8 heteroatoms. The van der Waals surface area contributed by atoms with Gasteiger partial charge in [0.1, 0.15) is 0 Å². The Labute approximate surface area is 159 Å². The van der Waals surface area contributed by atoms with Crippen LogP contribution in [0.3, 0.4) is 0 Å². The molecule has 0 spiro atoms. The third kappa shape index (κ3) is 6.10. The number of nitrogens with one attached hydrogen (secondary N) is 3. The lowest BCUT2D eigenvalue weighted by Gasteiger charge is -2.10. The predicted molar refractivity (Wildman–Crippen MR) is 105 cm³/mol. The summed E-state index contributed by atoms with van der Waals surface area (Å²) >= 11 is 0. The van der Waals surface area contributed by atoms with E-state index in [9.17, 15) is 18.0 Å². The summed E-state index contributed by atoms with van der Waals surface area (Å²) in [6, 6.07) is 12.2. The Kier molecular flexibility index (Phi) is 6.95. The van der Waals surface area contributed by atoms with Gasteiger partial charge in [-0.1, -0.05) is 19.4 Å². The second-order valence-electron chi connectivity index (χ2n) is 6.00. The first-order valence-electron chi connectivity index (χ1n) is 8.60. The largest absolute Gasteiger partial charge is 0.352 e. The molecule has 0 saturated carbocycles. The molecule has 0 bridgehead atoms. The Morgan fingerprint density at radius 3 is 2.30 bits per heavy atom. The van der Waals surface area contributed by atoms with Crippen molar-refractivity contribution in [3.8, 4) is 0 Å². The van der Waals surface area contributed by atoms with Crippen molar-refractivity contribution in [2.45, 2.75) is 31.6 Å². The van der Waals surface area contributed by atoms with E-state index >= 15 is 0 Å². The fourth-order valence-corrected chi connectivity index (χ4v) is 3.43. The second-order valence-corrected chi connectivity index (χ2v) is 7.68. The van der Waals surface area contributed by atoms with Crippen molar-refractivity contribution in [1.82, 2.24) is 5.32 Å². The molecule has 27 heavy (non-hydrogen) atoms. The van der Waals surface area contributed by atoms with Crippen molar-refractivity contribution in [3.63, 3.8) is 0 Å². The number of benzene rings is 2. The zero-order valence-electron chi connectivity index (χ0n) is 15.3. The molecule has 0 heterocycles. The summed E-state index contributed by atoms with van der Waals surface area (Å²) in [6.07, 6.45) is 1.82. The molecule has 7 nitrogen and oxygen atoms in total. The number of rotatable bonds is 8. The van der Waals surface area contributed by atoms with Crippen LogP contribution in [0.15, 0.2) is 53.4 Å². The quantitative estimate of drug-likeness (QED) is 0.604. The predicted octanol–water partition coefficient (Wildman–Crippen LogP) is 2.98. The van der Waals surface area contributed by atoms with Crippen molar-refractivity contribution < 1.29 is 18.0 Å². The van der Waals surface area contributed by atoms with Crippen LogP contribution in [0, 0.1) is 0 Å². The molecule has 2 aromatic rings. The van der Waals surface area contributed by atoms with Gasteiger partial charge in [-0.05, 0) is 48.9 Å². The van der Waals surface area contributed by atoms with Crippen LogP contribution in [0.5, 0.6) is 0 Å². The van der Waals surface area contributed by atoms with Gasteiger partial charge in [0.2, 0.25) is 5.91 Å². The highest BCUT2D eigenvalue weighted by atomic mass is 32.2. The zero-order valence-corrected chi connectivity index (χ0v) is 16.1. The fraction of sp³-hybridized carbons (Fsp3) is 0.263. The highest BCUT2D eigenvalue weighted by Crippen LogP contribution is 2.19. The molecule has 2 amide bonds. The van der Waals surface area contributed by atoms with E-state index in [4.69, 9.17) is 0 Å². The lowest BCUT2D eigenvalue weighted by molar-refractivity contribution is -0.114. The van der Waals surface area contributed by atoms with E-state index in [1.54, 1.807) is 30.3 Å². The molecule has 0 unspecified atom stereocenters. The van der Waals surface area contributed by atoms with Gasteiger partial charge in [-0.15, -0.1) is 0 Å². The molecular formula is C19H23N3O4S. The van der Waals surface area contributed by atoms with E-state index in [2.05, 4.69) is 15.4 Å². The maximum absolute atomic E-state index is 12.6. The molecule has 2 aromatic carbocycles. The van der Waals surface area contributed by atoms with Gasteiger partial charge in [0.05, 0.1) is 4.90 Å². The van der Waals surface area contributed by atoms with Crippen LogP contribution < -0.4 is 15.4 Å². The standard InChI is InChI=1S/C19H23N3O4S/c1-3-4-12-20-19(24)15-6-5-7-18(13-15)27(25,26)22-17-10-8-16(9-11-17)21-14(2)23/h5-11,13,22H,3-4,12H2,1-2H3,(H,20,24)(H,21,23). The van der Waals surface area contributed by atoms with E-state index in [0.29, 0.717) is 17.9 Å². The highest BCUT2D eigenvalue weighted by Gasteiger charge is 2.16. The lowest BCUT2D eigenvalue weighted by atomic mass is 10.2.